The summed E-state index contributed by atoms with van der Waals surface area (Å²) >= 11 is 1.80. The number of nitrogens with one attached hydrogen (secondary N) is 1. The second-order valence-electron chi connectivity index (χ2n) is 4.20. The Kier molecular flexibility index (Phi) is 4.26. The third-order valence-electron chi connectivity index (χ3n) is 2.05. The average molecular weight is 217 g/mol. The molecule has 82 valence electrons. The maximum atomic E-state index is 11.5. The SMILES string of the molecule is CC(C)OC(=O)[C@@H]1CS[C@H](C(C)C)N1. The maximum Gasteiger partial charge on any atom is 0.324 e. The highest BCUT2D eigenvalue weighted by Crippen LogP contribution is 2.25. The Morgan fingerprint density at radius 2 is 2.07 bits per heavy atom. The molecule has 0 unspecified atom stereocenters. The van der Waals surface area contributed by atoms with Gasteiger partial charge in [0.1, 0.15) is 6.04 Å². The van der Waals surface area contributed by atoms with Gasteiger partial charge in [0, 0.05) is 5.75 Å². The van der Waals surface area contributed by atoms with Gasteiger partial charge in [-0.25, -0.2) is 0 Å². The van der Waals surface area contributed by atoms with Crippen LogP contribution in [0.1, 0.15) is 27.7 Å². The number of carbonyl (C=O) groups excluding carboxylic acids is 1. The van der Waals surface area contributed by atoms with E-state index in [1.165, 1.54) is 0 Å². The lowest BCUT2D eigenvalue weighted by atomic mass is 10.2. The Morgan fingerprint density at radius 1 is 1.43 bits per heavy atom. The van der Waals surface area contributed by atoms with Crippen LogP contribution in [0.25, 0.3) is 0 Å². The van der Waals surface area contributed by atoms with Gasteiger partial charge < -0.3 is 4.74 Å². The molecule has 0 bridgehead atoms. The summed E-state index contributed by atoms with van der Waals surface area (Å²) in [4.78, 5) is 11.5. The minimum absolute atomic E-state index is 0.0209. The summed E-state index contributed by atoms with van der Waals surface area (Å²) < 4.78 is 5.15. The highest BCUT2D eigenvalue weighted by Gasteiger charge is 2.32. The molecule has 0 aromatic heterocycles. The first kappa shape index (κ1) is 11.9. The van der Waals surface area contributed by atoms with Crippen molar-refractivity contribution in [3.05, 3.63) is 0 Å². The fourth-order valence-corrected chi connectivity index (χ4v) is 2.61. The summed E-state index contributed by atoms with van der Waals surface area (Å²) in [5, 5.41) is 3.67. The van der Waals surface area contributed by atoms with E-state index < -0.39 is 0 Å². The molecule has 1 fully saturated rings. The molecular formula is C10H19NO2S. The monoisotopic (exact) mass is 217 g/mol. The van der Waals surface area contributed by atoms with Crippen molar-refractivity contribution in [2.24, 2.45) is 5.92 Å². The van der Waals surface area contributed by atoms with E-state index in [0.717, 1.165) is 5.75 Å². The van der Waals surface area contributed by atoms with Crippen LogP contribution in [0.5, 0.6) is 0 Å². The van der Waals surface area contributed by atoms with Crippen LogP contribution < -0.4 is 5.32 Å². The standard InChI is InChI=1S/C10H19NO2S/c1-6(2)9-11-8(5-14-9)10(12)13-7(3)4/h6-9,11H,5H2,1-4H3/t8-,9+/m0/s1. The van der Waals surface area contributed by atoms with E-state index in [0.29, 0.717) is 11.3 Å². The molecule has 0 saturated carbocycles. The second-order valence-corrected chi connectivity index (χ2v) is 5.38. The van der Waals surface area contributed by atoms with Crippen molar-refractivity contribution in [2.45, 2.75) is 45.2 Å². The fourth-order valence-electron chi connectivity index (χ4n) is 1.33. The van der Waals surface area contributed by atoms with Gasteiger partial charge in [-0.2, -0.15) is 0 Å². The molecule has 4 heteroatoms. The van der Waals surface area contributed by atoms with Crippen molar-refractivity contribution in [1.82, 2.24) is 5.32 Å². The average Bonchev–Trinajstić information content (AvgIpc) is 2.50. The van der Waals surface area contributed by atoms with E-state index >= 15 is 0 Å². The first-order valence-electron chi connectivity index (χ1n) is 5.09. The van der Waals surface area contributed by atoms with Gasteiger partial charge in [-0.15, -0.1) is 11.8 Å². The number of carbonyl (C=O) groups is 1. The van der Waals surface area contributed by atoms with Gasteiger partial charge in [-0.1, -0.05) is 13.8 Å². The molecule has 0 aromatic rings. The maximum absolute atomic E-state index is 11.5. The molecule has 0 radical (unpaired) electrons. The number of esters is 1. The van der Waals surface area contributed by atoms with Crippen LogP contribution in [-0.2, 0) is 9.53 Å². The molecule has 1 aliphatic heterocycles. The molecule has 1 rings (SSSR count). The van der Waals surface area contributed by atoms with Crippen molar-refractivity contribution in [2.75, 3.05) is 5.75 Å². The predicted molar refractivity (Wildman–Crippen MR) is 59.2 cm³/mol. The highest BCUT2D eigenvalue weighted by molar-refractivity contribution is 8.00. The van der Waals surface area contributed by atoms with Crippen LogP contribution in [0, 0.1) is 5.92 Å². The third-order valence-corrected chi connectivity index (χ3v) is 3.62. The molecule has 14 heavy (non-hydrogen) atoms. The summed E-state index contributed by atoms with van der Waals surface area (Å²) in [5.74, 6) is 1.27. The fraction of sp³-hybridized carbons (Fsp3) is 0.900. The van der Waals surface area contributed by atoms with Crippen LogP contribution in [0.15, 0.2) is 0 Å². The van der Waals surface area contributed by atoms with Crippen LogP contribution >= 0.6 is 11.8 Å². The summed E-state index contributed by atoms with van der Waals surface area (Å²) in [6.07, 6.45) is -0.0209. The molecule has 1 heterocycles. The van der Waals surface area contributed by atoms with Gasteiger partial charge >= 0.3 is 5.97 Å². The van der Waals surface area contributed by atoms with Crippen molar-refractivity contribution < 1.29 is 9.53 Å². The lowest BCUT2D eigenvalue weighted by Gasteiger charge is -2.16. The van der Waals surface area contributed by atoms with E-state index in [9.17, 15) is 4.79 Å². The lowest BCUT2D eigenvalue weighted by Crippen LogP contribution is -2.40. The molecule has 1 aliphatic rings. The topological polar surface area (TPSA) is 38.3 Å². The first-order valence-corrected chi connectivity index (χ1v) is 6.13. The van der Waals surface area contributed by atoms with Gasteiger partial charge in [0.2, 0.25) is 0 Å². The molecule has 0 aromatic carbocycles. The van der Waals surface area contributed by atoms with E-state index in [1.54, 1.807) is 11.8 Å². The Labute approximate surface area is 90.0 Å². The summed E-state index contributed by atoms with van der Waals surface area (Å²) in [5.41, 5.74) is 0. The van der Waals surface area contributed by atoms with E-state index in [2.05, 4.69) is 19.2 Å². The molecule has 0 spiro atoms. The van der Waals surface area contributed by atoms with Gasteiger partial charge in [0.15, 0.2) is 0 Å². The number of thioether (sulfide) groups is 1. The highest BCUT2D eigenvalue weighted by atomic mass is 32.2. The van der Waals surface area contributed by atoms with Crippen molar-refractivity contribution in [1.29, 1.82) is 0 Å². The van der Waals surface area contributed by atoms with E-state index in [1.807, 2.05) is 13.8 Å². The number of hydrogen-bond donors (Lipinski definition) is 1. The van der Waals surface area contributed by atoms with Crippen molar-refractivity contribution in [3.63, 3.8) is 0 Å². The molecule has 0 amide bonds. The largest absolute Gasteiger partial charge is 0.462 e. The first-order chi connectivity index (χ1) is 6.50. The second kappa shape index (κ2) is 5.03. The van der Waals surface area contributed by atoms with E-state index in [-0.39, 0.29) is 18.1 Å². The number of hydrogen-bond acceptors (Lipinski definition) is 4. The van der Waals surface area contributed by atoms with Gasteiger partial charge in [-0.05, 0) is 19.8 Å². The zero-order chi connectivity index (χ0) is 10.7. The molecule has 3 nitrogen and oxygen atoms in total. The minimum Gasteiger partial charge on any atom is -0.462 e. The van der Waals surface area contributed by atoms with Gasteiger partial charge in [0.05, 0.1) is 11.5 Å². The smallest absolute Gasteiger partial charge is 0.324 e. The van der Waals surface area contributed by atoms with Crippen LogP contribution in [0.3, 0.4) is 0 Å². The van der Waals surface area contributed by atoms with E-state index in [4.69, 9.17) is 4.74 Å². The third kappa shape index (κ3) is 3.17. The zero-order valence-corrected chi connectivity index (χ0v) is 10.1. The number of ether oxygens (including phenoxy) is 1. The van der Waals surface area contributed by atoms with Gasteiger partial charge in [0.25, 0.3) is 0 Å². The number of rotatable bonds is 3. The quantitative estimate of drug-likeness (QED) is 0.729. The van der Waals surface area contributed by atoms with Crippen molar-refractivity contribution in [3.8, 4) is 0 Å². The zero-order valence-electron chi connectivity index (χ0n) is 9.24. The van der Waals surface area contributed by atoms with Crippen LogP contribution in [0.4, 0.5) is 0 Å². The summed E-state index contributed by atoms with van der Waals surface area (Å²) in [6, 6.07) is -0.116. The normalized spacial score (nSPS) is 27.3. The Bertz CT molecular complexity index is 206. The lowest BCUT2D eigenvalue weighted by molar-refractivity contribution is -0.149. The summed E-state index contributed by atoms with van der Waals surface area (Å²) in [6.45, 7) is 8.06. The predicted octanol–water partition coefficient (Wildman–Crippen LogP) is 1.63. The molecule has 1 N–H and O–H groups in total. The molecule has 0 aliphatic carbocycles. The van der Waals surface area contributed by atoms with Gasteiger partial charge in [-0.3, -0.25) is 10.1 Å². The molecule has 2 atom stereocenters. The summed E-state index contributed by atoms with van der Waals surface area (Å²) in [7, 11) is 0. The Morgan fingerprint density at radius 3 is 2.50 bits per heavy atom. The molecule has 1 saturated heterocycles. The Balaban J connectivity index is 2.38. The molecular weight excluding hydrogens is 198 g/mol. The Hall–Kier alpha value is -0.220. The van der Waals surface area contributed by atoms with Crippen molar-refractivity contribution >= 4 is 17.7 Å². The van der Waals surface area contributed by atoms with Crippen LogP contribution in [0.2, 0.25) is 0 Å². The minimum atomic E-state index is -0.116. The van der Waals surface area contributed by atoms with Crippen LogP contribution in [-0.4, -0.2) is 29.2 Å².